The van der Waals surface area contributed by atoms with Crippen molar-refractivity contribution in [1.29, 1.82) is 0 Å². The zero-order valence-corrected chi connectivity index (χ0v) is 15.9. The van der Waals surface area contributed by atoms with Gasteiger partial charge in [0.25, 0.3) is 0 Å². The number of nitrogen functional groups attached to an aromatic ring is 1. The van der Waals surface area contributed by atoms with Crippen LogP contribution in [0.2, 0.25) is 0 Å². The van der Waals surface area contributed by atoms with E-state index in [2.05, 4.69) is 20.2 Å². The maximum Gasteiger partial charge on any atom is 0.331 e. The molecule has 150 valence electrons. The molecular formula is C20H17N7O3. The van der Waals surface area contributed by atoms with Gasteiger partial charge in [0.05, 0.1) is 17.8 Å². The molecule has 0 amide bonds. The number of benzene rings is 1. The average molecular weight is 403 g/mol. The van der Waals surface area contributed by atoms with Crippen LogP contribution in [-0.2, 0) is 16.8 Å². The van der Waals surface area contributed by atoms with E-state index in [0.29, 0.717) is 28.3 Å². The summed E-state index contributed by atoms with van der Waals surface area (Å²) in [7, 11) is 0. The van der Waals surface area contributed by atoms with Crippen molar-refractivity contribution < 1.29 is 14.3 Å². The molecule has 4 aromatic heterocycles. The zero-order valence-electron chi connectivity index (χ0n) is 15.9. The normalized spacial score (nSPS) is 13.6. The first-order chi connectivity index (χ1) is 14.5. The van der Waals surface area contributed by atoms with Gasteiger partial charge in [-0.05, 0) is 24.6 Å². The zero-order chi connectivity index (χ0) is 20.9. The lowest BCUT2D eigenvalue weighted by atomic mass is 9.93. The van der Waals surface area contributed by atoms with Crippen molar-refractivity contribution in [2.24, 2.45) is 0 Å². The number of carboxylic acids is 1. The van der Waals surface area contributed by atoms with Gasteiger partial charge in [-0.2, -0.15) is 14.6 Å². The minimum absolute atomic E-state index is 0.0667. The van der Waals surface area contributed by atoms with Crippen LogP contribution in [0.5, 0.6) is 0 Å². The van der Waals surface area contributed by atoms with E-state index in [1.807, 2.05) is 30.3 Å². The molecule has 0 radical (unpaired) electrons. The number of nitrogens with zero attached hydrogens (tertiary/aromatic N) is 6. The van der Waals surface area contributed by atoms with E-state index in [9.17, 15) is 9.90 Å². The summed E-state index contributed by atoms with van der Waals surface area (Å²) in [6, 6.07) is 12.8. The number of aliphatic carboxylic acids is 1. The second-order valence-corrected chi connectivity index (χ2v) is 7.15. The average Bonchev–Trinajstić information content (AvgIpc) is 3.47. The van der Waals surface area contributed by atoms with Crippen molar-refractivity contribution in [2.45, 2.75) is 18.9 Å². The van der Waals surface area contributed by atoms with E-state index in [4.69, 9.17) is 10.2 Å². The molecular weight excluding hydrogens is 386 g/mol. The summed E-state index contributed by atoms with van der Waals surface area (Å²) in [6.07, 6.45) is 3.28. The predicted molar refractivity (Wildman–Crippen MR) is 108 cm³/mol. The quantitative estimate of drug-likeness (QED) is 0.456. The summed E-state index contributed by atoms with van der Waals surface area (Å²) in [5.74, 6) is -0.136. The molecule has 30 heavy (non-hydrogen) atoms. The van der Waals surface area contributed by atoms with Gasteiger partial charge in [-0.1, -0.05) is 30.3 Å². The largest absolute Gasteiger partial charge is 0.479 e. The number of hydrogen-bond acceptors (Lipinski definition) is 7. The highest BCUT2D eigenvalue weighted by atomic mass is 16.4. The van der Waals surface area contributed by atoms with Gasteiger partial charge in [-0.25, -0.2) is 14.5 Å². The van der Waals surface area contributed by atoms with Crippen LogP contribution in [0.3, 0.4) is 0 Å². The second kappa shape index (κ2) is 6.41. The summed E-state index contributed by atoms with van der Waals surface area (Å²) >= 11 is 0. The Labute approximate surface area is 169 Å². The first kappa shape index (κ1) is 17.9. The Morgan fingerprint density at radius 2 is 1.97 bits per heavy atom. The lowest BCUT2D eigenvalue weighted by Crippen LogP contribution is -2.42. The van der Waals surface area contributed by atoms with Gasteiger partial charge in [-0.15, -0.1) is 5.10 Å². The summed E-state index contributed by atoms with van der Waals surface area (Å²) < 4.78 is 8.13. The van der Waals surface area contributed by atoms with Crippen molar-refractivity contribution in [3.8, 4) is 11.6 Å². The number of carbonyl (C=O) groups is 1. The highest BCUT2D eigenvalue weighted by Gasteiger charge is 2.38. The van der Waals surface area contributed by atoms with Gasteiger partial charge in [0, 0.05) is 6.42 Å². The van der Waals surface area contributed by atoms with Gasteiger partial charge >= 0.3 is 5.97 Å². The number of carboxylic acid groups (broad SMARTS) is 1. The molecule has 1 atom stereocenters. The third-order valence-corrected chi connectivity index (χ3v) is 5.09. The number of fused-ring (bicyclic) bond motifs is 3. The number of rotatable bonds is 5. The predicted octanol–water partition coefficient (Wildman–Crippen LogP) is 2.36. The van der Waals surface area contributed by atoms with Crippen LogP contribution in [0, 0.1) is 0 Å². The van der Waals surface area contributed by atoms with E-state index in [1.165, 1.54) is 21.7 Å². The molecule has 0 saturated carbocycles. The van der Waals surface area contributed by atoms with Crippen LogP contribution in [0.1, 0.15) is 12.5 Å². The fourth-order valence-corrected chi connectivity index (χ4v) is 3.52. The third-order valence-electron chi connectivity index (χ3n) is 5.09. The maximum absolute atomic E-state index is 12.3. The Hall–Kier alpha value is -4.21. The molecule has 0 unspecified atom stereocenters. The number of hydrogen-bond donors (Lipinski definition) is 2. The number of anilines is 1. The van der Waals surface area contributed by atoms with Gasteiger partial charge in [0.2, 0.25) is 11.8 Å². The number of nitrogens with two attached hydrogens (primary N) is 1. The monoisotopic (exact) mass is 403 g/mol. The van der Waals surface area contributed by atoms with E-state index < -0.39 is 11.5 Å². The molecule has 1 aromatic carbocycles. The minimum atomic E-state index is -1.38. The molecule has 5 rings (SSSR count). The SMILES string of the molecule is C[C@@](Cc1ccccc1)(C(=O)O)n1ncc2c1nc(N)n1nc(-c3ccco3)nc21. The van der Waals surface area contributed by atoms with Gasteiger partial charge in [0.1, 0.15) is 0 Å². The lowest BCUT2D eigenvalue weighted by molar-refractivity contribution is -0.147. The Morgan fingerprint density at radius 1 is 1.17 bits per heavy atom. The second-order valence-electron chi connectivity index (χ2n) is 7.15. The first-order valence-electron chi connectivity index (χ1n) is 9.19. The smallest absolute Gasteiger partial charge is 0.331 e. The number of furan rings is 1. The Kier molecular flexibility index (Phi) is 3.82. The van der Waals surface area contributed by atoms with Crippen LogP contribution >= 0.6 is 0 Å². The highest BCUT2D eigenvalue weighted by Crippen LogP contribution is 2.29. The molecule has 0 bridgehead atoms. The summed E-state index contributed by atoms with van der Waals surface area (Å²) in [6.45, 7) is 1.61. The van der Waals surface area contributed by atoms with Crippen LogP contribution < -0.4 is 5.73 Å². The molecule has 5 aromatic rings. The van der Waals surface area contributed by atoms with Crippen LogP contribution in [-0.4, -0.2) is 40.4 Å². The maximum atomic E-state index is 12.3. The molecule has 0 aliphatic rings. The van der Waals surface area contributed by atoms with Crippen LogP contribution in [0.4, 0.5) is 5.95 Å². The summed E-state index contributed by atoms with van der Waals surface area (Å²) in [5, 5.41) is 19.3. The van der Waals surface area contributed by atoms with Gasteiger partial charge < -0.3 is 15.3 Å². The van der Waals surface area contributed by atoms with E-state index >= 15 is 0 Å². The fraction of sp³-hybridized carbons (Fsp3) is 0.150. The molecule has 10 nitrogen and oxygen atoms in total. The summed E-state index contributed by atoms with van der Waals surface area (Å²) in [4.78, 5) is 21.2. The molecule has 0 aliphatic carbocycles. The van der Waals surface area contributed by atoms with E-state index in [-0.39, 0.29) is 12.4 Å². The van der Waals surface area contributed by atoms with E-state index in [1.54, 1.807) is 19.1 Å². The number of aromatic nitrogens is 6. The van der Waals surface area contributed by atoms with Crippen molar-refractivity contribution in [3.05, 3.63) is 60.5 Å². The van der Waals surface area contributed by atoms with Crippen molar-refractivity contribution in [3.63, 3.8) is 0 Å². The van der Waals surface area contributed by atoms with Crippen molar-refractivity contribution >= 4 is 28.6 Å². The molecule has 10 heteroatoms. The Bertz CT molecular complexity index is 1370. The molecule has 0 fully saturated rings. The topological polar surface area (TPSA) is 137 Å². The molecule has 0 saturated heterocycles. The minimum Gasteiger partial charge on any atom is -0.479 e. The Morgan fingerprint density at radius 3 is 2.67 bits per heavy atom. The first-order valence-corrected chi connectivity index (χ1v) is 9.19. The summed E-state index contributed by atoms with van der Waals surface area (Å²) in [5.41, 5.74) is 6.34. The molecule has 4 heterocycles. The van der Waals surface area contributed by atoms with Crippen LogP contribution in [0.15, 0.2) is 59.3 Å². The molecule has 0 spiro atoms. The van der Waals surface area contributed by atoms with Crippen molar-refractivity contribution in [1.82, 2.24) is 29.4 Å². The molecule has 0 aliphatic heterocycles. The fourth-order valence-electron chi connectivity index (χ4n) is 3.52. The highest BCUT2D eigenvalue weighted by molar-refractivity contribution is 5.92. The van der Waals surface area contributed by atoms with Crippen molar-refractivity contribution in [2.75, 3.05) is 5.73 Å². The van der Waals surface area contributed by atoms with E-state index in [0.717, 1.165) is 5.56 Å². The standard InChI is InChI=1S/C20H17N7O3/c1-20(18(28)29,10-12-6-3-2-4-7-12)27-17-13(11-22-27)16-23-15(14-8-5-9-30-14)25-26(16)19(21)24-17/h2-9,11H,10H2,1H3,(H2,21,24)(H,28,29)/t20-/m1/s1. The Balaban J connectivity index is 1.70. The lowest BCUT2D eigenvalue weighted by Gasteiger charge is -2.26. The van der Waals surface area contributed by atoms with Crippen LogP contribution in [0.25, 0.3) is 28.3 Å². The third kappa shape index (κ3) is 2.61. The van der Waals surface area contributed by atoms with Gasteiger partial charge in [0.15, 0.2) is 22.6 Å². The molecule has 3 N–H and O–H groups in total. The van der Waals surface area contributed by atoms with Gasteiger partial charge in [-0.3, -0.25) is 0 Å².